The summed E-state index contributed by atoms with van der Waals surface area (Å²) in [6.07, 6.45) is 1.33. The van der Waals surface area contributed by atoms with Crippen molar-refractivity contribution in [1.82, 2.24) is 0 Å². The number of carbonyl (C=O) groups is 1. The van der Waals surface area contributed by atoms with Crippen LogP contribution in [-0.4, -0.2) is 43.6 Å². The molecule has 2 unspecified atom stereocenters. The van der Waals surface area contributed by atoms with Crippen molar-refractivity contribution in [3.63, 3.8) is 0 Å². The SMILES string of the molecule is CCOC(=O)COCC12C[C@H]3O[C@H]3C1c1ccccc1O2. The van der Waals surface area contributed by atoms with E-state index in [9.17, 15) is 4.79 Å². The van der Waals surface area contributed by atoms with Crippen LogP contribution in [0.3, 0.4) is 0 Å². The first kappa shape index (κ1) is 13.1. The molecule has 5 nitrogen and oxygen atoms in total. The number of rotatable bonds is 5. The summed E-state index contributed by atoms with van der Waals surface area (Å²) in [5.74, 6) is 0.789. The van der Waals surface area contributed by atoms with Crippen LogP contribution in [0, 0.1) is 0 Å². The molecule has 1 saturated heterocycles. The van der Waals surface area contributed by atoms with Crippen LogP contribution >= 0.6 is 0 Å². The van der Waals surface area contributed by atoms with Crippen LogP contribution in [-0.2, 0) is 19.0 Å². The fraction of sp³-hybridized carbons (Fsp3) is 0.562. The van der Waals surface area contributed by atoms with E-state index in [1.54, 1.807) is 6.92 Å². The van der Waals surface area contributed by atoms with Gasteiger partial charge in [-0.15, -0.1) is 0 Å². The largest absolute Gasteiger partial charge is 0.484 e. The summed E-state index contributed by atoms with van der Waals surface area (Å²) < 4.78 is 22.4. The van der Waals surface area contributed by atoms with E-state index in [2.05, 4.69) is 6.07 Å². The molecule has 0 aromatic heterocycles. The Morgan fingerprint density at radius 2 is 2.29 bits per heavy atom. The van der Waals surface area contributed by atoms with Crippen LogP contribution in [0.25, 0.3) is 0 Å². The van der Waals surface area contributed by atoms with Crippen LogP contribution in [0.1, 0.15) is 24.8 Å². The zero-order chi connectivity index (χ0) is 14.4. The Labute approximate surface area is 123 Å². The van der Waals surface area contributed by atoms with E-state index in [1.807, 2.05) is 18.2 Å². The van der Waals surface area contributed by atoms with Gasteiger partial charge in [-0.1, -0.05) is 18.2 Å². The van der Waals surface area contributed by atoms with Gasteiger partial charge >= 0.3 is 5.97 Å². The number of benzene rings is 1. The maximum Gasteiger partial charge on any atom is 0.332 e. The van der Waals surface area contributed by atoms with E-state index in [0.717, 1.165) is 12.2 Å². The van der Waals surface area contributed by atoms with Gasteiger partial charge in [-0.2, -0.15) is 0 Å². The van der Waals surface area contributed by atoms with E-state index < -0.39 is 0 Å². The van der Waals surface area contributed by atoms with Gasteiger partial charge < -0.3 is 18.9 Å². The molecule has 0 N–H and O–H groups in total. The molecule has 3 aliphatic rings. The van der Waals surface area contributed by atoms with Gasteiger partial charge in [0.05, 0.1) is 31.3 Å². The molecule has 4 rings (SSSR count). The summed E-state index contributed by atoms with van der Waals surface area (Å²) in [6.45, 7) is 2.51. The lowest BCUT2D eigenvalue weighted by atomic mass is 9.87. The molecule has 0 amide bonds. The van der Waals surface area contributed by atoms with E-state index in [0.29, 0.717) is 13.2 Å². The van der Waals surface area contributed by atoms with Crippen molar-refractivity contribution >= 4 is 5.97 Å². The van der Waals surface area contributed by atoms with Crippen LogP contribution in [0.5, 0.6) is 5.75 Å². The van der Waals surface area contributed by atoms with Gasteiger partial charge in [0.1, 0.15) is 18.0 Å². The highest BCUT2D eigenvalue weighted by atomic mass is 16.6. The van der Waals surface area contributed by atoms with Crippen molar-refractivity contribution in [3.05, 3.63) is 29.8 Å². The third kappa shape index (κ3) is 2.03. The van der Waals surface area contributed by atoms with Crippen molar-refractivity contribution in [2.45, 2.75) is 37.1 Å². The quantitative estimate of drug-likeness (QED) is 0.609. The molecule has 1 aromatic rings. The van der Waals surface area contributed by atoms with Gasteiger partial charge in [0.25, 0.3) is 0 Å². The smallest absolute Gasteiger partial charge is 0.332 e. The number of carbonyl (C=O) groups excluding carboxylic acids is 1. The number of hydrogen-bond acceptors (Lipinski definition) is 5. The Morgan fingerprint density at radius 1 is 1.43 bits per heavy atom. The maximum absolute atomic E-state index is 11.4. The van der Waals surface area contributed by atoms with Crippen LogP contribution in [0.15, 0.2) is 24.3 Å². The molecule has 112 valence electrons. The molecular weight excluding hydrogens is 272 g/mol. The monoisotopic (exact) mass is 290 g/mol. The standard InChI is InChI=1S/C16H18O5/c1-2-19-13(17)8-18-9-16-7-12-15(20-12)14(16)10-5-3-4-6-11(10)21-16/h3-6,12,14-15H,2,7-9H2,1H3/t12-,14?,15-,16?/m1/s1. The predicted octanol–water partition coefficient (Wildman–Crippen LogP) is 1.65. The number of esters is 1. The molecule has 2 aliphatic heterocycles. The molecular formula is C16H18O5. The van der Waals surface area contributed by atoms with Crippen LogP contribution < -0.4 is 4.74 Å². The minimum atomic E-state index is -0.385. The molecule has 0 bridgehead atoms. The van der Waals surface area contributed by atoms with Crippen molar-refractivity contribution in [1.29, 1.82) is 0 Å². The summed E-state index contributed by atoms with van der Waals surface area (Å²) in [4.78, 5) is 11.4. The zero-order valence-electron chi connectivity index (χ0n) is 11.9. The lowest BCUT2D eigenvalue weighted by Gasteiger charge is -2.30. The average molecular weight is 290 g/mol. The molecule has 5 heteroatoms. The number of fused-ring (bicyclic) bond motifs is 5. The zero-order valence-corrected chi connectivity index (χ0v) is 11.9. The number of para-hydroxylation sites is 1. The topological polar surface area (TPSA) is 57.3 Å². The lowest BCUT2D eigenvalue weighted by molar-refractivity contribution is -0.150. The van der Waals surface area contributed by atoms with Crippen molar-refractivity contribution < 1.29 is 23.7 Å². The summed E-state index contributed by atoms with van der Waals surface area (Å²) in [5.41, 5.74) is 0.811. The van der Waals surface area contributed by atoms with Crippen LogP contribution in [0.4, 0.5) is 0 Å². The Kier molecular flexibility index (Phi) is 2.94. The van der Waals surface area contributed by atoms with Gasteiger partial charge in [0.2, 0.25) is 0 Å². The normalized spacial score (nSPS) is 34.6. The highest BCUT2D eigenvalue weighted by Gasteiger charge is 2.68. The number of ether oxygens (including phenoxy) is 4. The molecule has 0 radical (unpaired) electrons. The fourth-order valence-corrected chi connectivity index (χ4v) is 3.68. The van der Waals surface area contributed by atoms with E-state index >= 15 is 0 Å². The lowest BCUT2D eigenvalue weighted by Crippen LogP contribution is -2.42. The minimum absolute atomic E-state index is 0.0296. The molecule has 0 spiro atoms. The second-order valence-electron chi connectivity index (χ2n) is 5.82. The first-order valence-electron chi connectivity index (χ1n) is 7.40. The summed E-state index contributed by atoms with van der Waals surface area (Å²) in [7, 11) is 0. The predicted molar refractivity (Wildman–Crippen MR) is 73.3 cm³/mol. The van der Waals surface area contributed by atoms with Gasteiger partial charge in [-0.25, -0.2) is 4.79 Å². The highest BCUT2D eigenvalue weighted by molar-refractivity contribution is 5.70. The Hall–Kier alpha value is -1.59. The fourth-order valence-electron chi connectivity index (χ4n) is 3.68. The Morgan fingerprint density at radius 3 is 3.14 bits per heavy atom. The average Bonchev–Trinajstić information content (AvgIpc) is 3.01. The van der Waals surface area contributed by atoms with Crippen molar-refractivity contribution in [2.75, 3.05) is 19.8 Å². The van der Waals surface area contributed by atoms with Crippen molar-refractivity contribution in [3.8, 4) is 5.75 Å². The molecule has 4 atom stereocenters. The molecule has 1 aliphatic carbocycles. The van der Waals surface area contributed by atoms with E-state index in [1.165, 1.54) is 5.56 Å². The molecule has 1 aromatic carbocycles. The van der Waals surface area contributed by atoms with Crippen LogP contribution in [0.2, 0.25) is 0 Å². The second-order valence-corrected chi connectivity index (χ2v) is 5.82. The first-order chi connectivity index (χ1) is 10.2. The third-order valence-electron chi connectivity index (χ3n) is 4.50. The molecule has 2 fully saturated rings. The second kappa shape index (κ2) is 4.71. The molecule has 1 saturated carbocycles. The summed E-state index contributed by atoms with van der Waals surface area (Å²) in [5, 5.41) is 0. The first-order valence-corrected chi connectivity index (χ1v) is 7.40. The Bertz CT molecular complexity index is 572. The third-order valence-corrected chi connectivity index (χ3v) is 4.50. The van der Waals surface area contributed by atoms with Gasteiger partial charge in [0, 0.05) is 12.0 Å². The van der Waals surface area contributed by atoms with E-state index in [-0.39, 0.29) is 36.3 Å². The highest BCUT2D eigenvalue weighted by Crippen LogP contribution is 2.61. The number of hydrogen-bond donors (Lipinski definition) is 0. The van der Waals surface area contributed by atoms with Gasteiger partial charge in [-0.05, 0) is 13.0 Å². The summed E-state index contributed by atoms with van der Waals surface area (Å²) in [6, 6.07) is 8.07. The van der Waals surface area contributed by atoms with Gasteiger partial charge in [0.15, 0.2) is 0 Å². The molecule has 21 heavy (non-hydrogen) atoms. The van der Waals surface area contributed by atoms with Crippen molar-refractivity contribution in [2.24, 2.45) is 0 Å². The van der Waals surface area contributed by atoms with E-state index in [4.69, 9.17) is 18.9 Å². The van der Waals surface area contributed by atoms with Gasteiger partial charge in [-0.3, -0.25) is 0 Å². The minimum Gasteiger partial charge on any atom is -0.484 e. The maximum atomic E-state index is 11.4. The summed E-state index contributed by atoms with van der Waals surface area (Å²) >= 11 is 0. The molecule has 2 heterocycles. The number of epoxide rings is 1. The Balaban J connectivity index is 1.48.